The molecule has 3 aromatic carbocycles. The Morgan fingerprint density at radius 3 is 1.96 bits per heavy atom. The molecule has 0 aliphatic heterocycles. The number of carbonyl (C=O) groups is 1. The quantitative estimate of drug-likeness (QED) is 0.565. The largest absolute Gasteiger partial charge is 0.457 e. The van der Waals surface area contributed by atoms with Crippen LogP contribution in [-0.4, -0.2) is 5.52 Å². The van der Waals surface area contributed by atoms with E-state index in [0.29, 0.717) is 0 Å². The standard InChI is InChI=1S/C22H21O2P/c1-15-13-16(2)21(17(3)14-15)22(23)25-20-11-9-19(10-12-20)24-18-7-5-4-6-8-18/h4-14,25H,1-3H3. The highest BCUT2D eigenvalue weighted by molar-refractivity contribution is 7.66. The molecular formula is C22H21O2P. The van der Waals surface area contributed by atoms with Gasteiger partial charge in [-0.15, -0.1) is 0 Å². The average molecular weight is 348 g/mol. The lowest BCUT2D eigenvalue weighted by Crippen LogP contribution is -2.05. The molecule has 0 heterocycles. The van der Waals surface area contributed by atoms with Gasteiger partial charge in [0.1, 0.15) is 11.5 Å². The molecule has 3 aromatic rings. The highest BCUT2D eigenvalue weighted by Gasteiger charge is 2.13. The molecule has 1 atom stereocenters. The molecule has 0 radical (unpaired) electrons. The van der Waals surface area contributed by atoms with Gasteiger partial charge in [0.05, 0.1) is 0 Å². The van der Waals surface area contributed by atoms with Crippen molar-refractivity contribution < 1.29 is 9.53 Å². The Morgan fingerprint density at radius 2 is 1.36 bits per heavy atom. The minimum atomic E-state index is 0.115. The van der Waals surface area contributed by atoms with E-state index < -0.39 is 0 Å². The predicted octanol–water partition coefficient (Wildman–Crippen LogP) is 5.55. The molecule has 0 aromatic heterocycles. The van der Waals surface area contributed by atoms with Crippen molar-refractivity contribution in [2.24, 2.45) is 0 Å². The molecule has 25 heavy (non-hydrogen) atoms. The molecule has 126 valence electrons. The molecule has 0 aliphatic rings. The summed E-state index contributed by atoms with van der Waals surface area (Å²) in [6.07, 6.45) is 0. The Morgan fingerprint density at radius 1 is 0.800 bits per heavy atom. The van der Waals surface area contributed by atoms with E-state index in [-0.39, 0.29) is 14.1 Å². The molecule has 3 rings (SSSR count). The monoisotopic (exact) mass is 348 g/mol. The number of hydrogen-bond acceptors (Lipinski definition) is 2. The Bertz CT molecular complexity index is 861. The highest BCUT2D eigenvalue weighted by atomic mass is 31.1. The third-order valence-electron chi connectivity index (χ3n) is 4.00. The summed E-state index contributed by atoms with van der Waals surface area (Å²) in [7, 11) is 0.115. The first-order chi connectivity index (χ1) is 12.0. The van der Waals surface area contributed by atoms with E-state index in [0.717, 1.165) is 33.5 Å². The van der Waals surface area contributed by atoms with Gasteiger partial charge in [0.15, 0.2) is 5.52 Å². The molecule has 1 unspecified atom stereocenters. The zero-order valence-electron chi connectivity index (χ0n) is 14.7. The van der Waals surface area contributed by atoms with Crippen molar-refractivity contribution in [2.75, 3.05) is 0 Å². The number of rotatable bonds is 5. The van der Waals surface area contributed by atoms with Crippen LogP contribution in [0, 0.1) is 20.8 Å². The SMILES string of the molecule is Cc1cc(C)c(C(=O)Pc2ccc(Oc3ccccc3)cc2)c(C)c1. The van der Waals surface area contributed by atoms with Crippen molar-refractivity contribution >= 4 is 19.4 Å². The molecule has 3 heteroatoms. The number of hydrogen-bond donors (Lipinski definition) is 0. The van der Waals surface area contributed by atoms with Crippen LogP contribution in [0.2, 0.25) is 0 Å². The van der Waals surface area contributed by atoms with Crippen molar-refractivity contribution in [1.29, 1.82) is 0 Å². The van der Waals surface area contributed by atoms with Gasteiger partial charge in [-0.1, -0.05) is 48.0 Å². The van der Waals surface area contributed by atoms with Crippen LogP contribution in [0.4, 0.5) is 0 Å². The van der Waals surface area contributed by atoms with Gasteiger partial charge in [-0.25, -0.2) is 0 Å². The van der Waals surface area contributed by atoms with Crippen LogP contribution in [0.1, 0.15) is 27.0 Å². The molecule has 0 N–H and O–H groups in total. The van der Waals surface area contributed by atoms with Crippen LogP contribution in [0.3, 0.4) is 0 Å². The summed E-state index contributed by atoms with van der Waals surface area (Å²) in [4.78, 5) is 12.7. The van der Waals surface area contributed by atoms with E-state index >= 15 is 0 Å². The van der Waals surface area contributed by atoms with Crippen molar-refractivity contribution in [3.05, 3.63) is 89.0 Å². The van der Waals surface area contributed by atoms with Crippen LogP contribution in [-0.2, 0) is 0 Å². The second kappa shape index (κ2) is 7.63. The van der Waals surface area contributed by atoms with E-state index in [1.54, 1.807) is 0 Å². The zero-order valence-corrected chi connectivity index (χ0v) is 15.7. The van der Waals surface area contributed by atoms with Gasteiger partial charge in [0.2, 0.25) is 0 Å². The topological polar surface area (TPSA) is 26.3 Å². The molecule has 0 spiro atoms. The molecule has 0 aliphatic carbocycles. The molecular weight excluding hydrogens is 327 g/mol. The fourth-order valence-corrected chi connectivity index (χ4v) is 4.08. The number of carbonyl (C=O) groups excluding carboxylic acids is 1. The van der Waals surface area contributed by atoms with Gasteiger partial charge in [0.25, 0.3) is 0 Å². The maximum atomic E-state index is 12.7. The number of benzene rings is 3. The second-order valence-corrected chi connectivity index (χ2v) is 7.45. The smallest absolute Gasteiger partial charge is 0.186 e. The van der Waals surface area contributed by atoms with Crippen LogP contribution >= 0.6 is 8.58 Å². The summed E-state index contributed by atoms with van der Waals surface area (Å²) in [5.41, 5.74) is 4.34. The Labute approximate surface area is 150 Å². The summed E-state index contributed by atoms with van der Waals surface area (Å²) in [5, 5.41) is 1.02. The first-order valence-electron chi connectivity index (χ1n) is 8.25. The zero-order chi connectivity index (χ0) is 17.8. The Hall–Kier alpha value is -2.44. The molecule has 0 amide bonds. The summed E-state index contributed by atoms with van der Waals surface area (Å²) in [6, 6.07) is 21.6. The summed E-state index contributed by atoms with van der Waals surface area (Å²) in [6.45, 7) is 6.07. The van der Waals surface area contributed by atoms with Gasteiger partial charge >= 0.3 is 0 Å². The lowest BCUT2D eigenvalue weighted by molar-refractivity contribution is 0.108. The maximum absolute atomic E-state index is 12.7. The first kappa shape index (κ1) is 17.4. The molecule has 0 fully saturated rings. The van der Waals surface area contributed by atoms with E-state index in [4.69, 9.17) is 4.74 Å². The van der Waals surface area contributed by atoms with E-state index in [9.17, 15) is 4.79 Å². The van der Waals surface area contributed by atoms with E-state index in [1.807, 2.05) is 68.4 Å². The number of para-hydroxylation sites is 1. The minimum absolute atomic E-state index is 0.115. The normalized spacial score (nSPS) is 11.0. The Balaban J connectivity index is 1.72. The molecule has 0 saturated carbocycles. The first-order valence-corrected chi connectivity index (χ1v) is 9.25. The van der Waals surface area contributed by atoms with Crippen LogP contribution < -0.4 is 10.0 Å². The number of ether oxygens (including phenoxy) is 1. The second-order valence-electron chi connectivity index (χ2n) is 6.17. The highest BCUT2D eigenvalue weighted by Crippen LogP contribution is 2.26. The van der Waals surface area contributed by atoms with Crippen LogP contribution in [0.25, 0.3) is 0 Å². The average Bonchev–Trinajstić information content (AvgIpc) is 2.56. The van der Waals surface area contributed by atoms with Gasteiger partial charge in [-0.3, -0.25) is 4.79 Å². The van der Waals surface area contributed by atoms with Crippen molar-refractivity contribution in [2.45, 2.75) is 20.8 Å². The molecule has 2 nitrogen and oxygen atoms in total. The van der Waals surface area contributed by atoms with Gasteiger partial charge < -0.3 is 4.74 Å². The summed E-state index contributed by atoms with van der Waals surface area (Å²) < 4.78 is 5.79. The minimum Gasteiger partial charge on any atom is -0.457 e. The fraction of sp³-hybridized carbons (Fsp3) is 0.136. The third kappa shape index (κ3) is 4.35. The van der Waals surface area contributed by atoms with Crippen LogP contribution in [0.5, 0.6) is 11.5 Å². The third-order valence-corrected chi connectivity index (χ3v) is 5.09. The lowest BCUT2D eigenvalue weighted by Gasteiger charge is -2.11. The molecule has 0 bridgehead atoms. The van der Waals surface area contributed by atoms with Crippen LogP contribution in [0.15, 0.2) is 66.7 Å². The fourth-order valence-electron chi connectivity index (χ4n) is 2.96. The summed E-state index contributed by atoms with van der Waals surface area (Å²) in [5.74, 6) is 1.58. The predicted molar refractivity (Wildman–Crippen MR) is 106 cm³/mol. The van der Waals surface area contributed by atoms with Gasteiger partial charge in [-0.2, -0.15) is 0 Å². The van der Waals surface area contributed by atoms with Crippen molar-refractivity contribution in [3.63, 3.8) is 0 Å². The number of aryl methyl sites for hydroxylation is 3. The van der Waals surface area contributed by atoms with Gasteiger partial charge in [-0.05, 0) is 70.0 Å². The van der Waals surface area contributed by atoms with Gasteiger partial charge in [0, 0.05) is 5.56 Å². The van der Waals surface area contributed by atoms with E-state index in [1.165, 1.54) is 5.56 Å². The molecule has 0 saturated heterocycles. The van der Waals surface area contributed by atoms with E-state index in [2.05, 4.69) is 19.1 Å². The summed E-state index contributed by atoms with van der Waals surface area (Å²) >= 11 is 0. The Kier molecular flexibility index (Phi) is 5.31. The lowest BCUT2D eigenvalue weighted by atomic mass is 10.0. The van der Waals surface area contributed by atoms with Crippen molar-refractivity contribution in [1.82, 2.24) is 0 Å². The van der Waals surface area contributed by atoms with Crippen molar-refractivity contribution in [3.8, 4) is 11.5 Å². The maximum Gasteiger partial charge on any atom is 0.186 e.